The third kappa shape index (κ3) is 6.91. The van der Waals surface area contributed by atoms with E-state index in [1.807, 2.05) is 24.3 Å². The van der Waals surface area contributed by atoms with Crippen LogP contribution in [0.5, 0.6) is 0 Å². The van der Waals surface area contributed by atoms with Crippen LogP contribution in [0.3, 0.4) is 0 Å². The number of guanidine groups is 1. The number of hydrogen-bond acceptors (Lipinski definition) is 3. The zero-order valence-electron chi connectivity index (χ0n) is 14.7. The maximum Gasteiger partial charge on any atom is 0.191 e. The molecule has 6 heteroatoms. The summed E-state index contributed by atoms with van der Waals surface area (Å²) in [5.41, 5.74) is 1.89. The van der Waals surface area contributed by atoms with E-state index < -0.39 is 9.84 Å². The molecule has 5 nitrogen and oxygen atoms in total. The molecule has 0 aromatic heterocycles. The van der Waals surface area contributed by atoms with Gasteiger partial charge in [0.2, 0.25) is 0 Å². The van der Waals surface area contributed by atoms with Gasteiger partial charge in [-0.3, -0.25) is 0 Å². The van der Waals surface area contributed by atoms with Gasteiger partial charge in [-0.15, -0.1) is 0 Å². The lowest BCUT2D eigenvalue weighted by Gasteiger charge is -2.24. The molecule has 0 aliphatic heterocycles. The van der Waals surface area contributed by atoms with Gasteiger partial charge in [0, 0.05) is 18.8 Å². The summed E-state index contributed by atoms with van der Waals surface area (Å²) in [5.74, 6) is 0.951. The lowest BCUT2D eigenvalue weighted by Crippen LogP contribution is -2.44. The summed E-state index contributed by atoms with van der Waals surface area (Å²) in [5, 5.41) is 6.83. The highest BCUT2D eigenvalue weighted by molar-refractivity contribution is 7.89. The topological polar surface area (TPSA) is 70.6 Å². The van der Waals surface area contributed by atoms with Crippen molar-refractivity contribution in [3.63, 3.8) is 0 Å². The van der Waals surface area contributed by atoms with E-state index in [0.717, 1.165) is 23.6 Å². The minimum Gasteiger partial charge on any atom is -0.357 e. The second-order valence-corrected chi connectivity index (χ2v) is 8.70. The average molecular weight is 352 g/mol. The zero-order chi connectivity index (χ0) is 17.4. The number of rotatable bonds is 6. The molecule has 1 aliphatic rings. The second-order valence-electron chi connectivity index (χ2n) is 6.56. The Morgan fingerprint density at radius 1 is 1.12 bits per heavy atom. The molecule has 0 saturated heterocycles. The molecule has 2 N–H and O–H groups in total. The molecule has 1 aromatic carbocycles. The van der Waals surface area contributed by atoms with Crippen LogP contribution in [0.15, 0.2) is 29.3 Å². The van der Waals surface area contributed by atoms with E-state index in [4.69, 9.17) is 0 Å². The molecule has 2 rings (SSSR count). The first-order valence-electron chi connectivity index (χ1n) is 8.76. The van der Waals surface area contributed by atoms with Crippen LogP contribution in [0.2, 0.25) is 0 Å². The van der Waals surface area contributed by atoms with Gasteiger partial charge in [-0.1, -0.05) is 43.5 Å². The molecule has 0 unspecified atom stereocenters. The Kier molecular flexibility index (Phi) is 7.09. The van der Waals surface area contributed by atoms with Crippen molar-refractivity contribution in [2.24, 2.45) is 4.99 Å². The quantitative estimate of drug-likeness (QED) is 0.610. The summed E-state index contributed by atoms with van der Waals surface area (Å²) < 4.78 is 22.6. The van der Waals surface area contributed by atoms with Crippen LogP contribution in [0, 0.1) is 0 Å². The van der Waals surface area contributed by atoms with Crippen LogP contribution in [0.1, 0.15) is 50.2 Å². The van der Waals surface area contributed by atoms with E-state index in [2.05, 4.69) is 22.5 Å². The Balaban J connectivity index is 1.94. The van der Waals surface area contributed by atoms with Gasteiger partial charge in [-0.2, -0.15) is 0 Å². The maximum absolute atomic E-state index is 11.3. The van der Waals surface area contributed by atoms with Crippen molar-refractivity contribution >= 4 is 15.8 Å². The first-order valence-corrected chi connectivity index (χ1v) is 10.8. The van der Waals surface area contributed by atoms with Crippen molar-refractivity contribution in [3.8, 4) is 0 Å². The summed E-state index contributed by atoms with van der Waals surface area (Å²) in [6.07, 6.45) is 7.60. The molecule has 1 saturated carbocycles. The van der Waals surface area contributed by atoms with Crippen LogP contribution in [0.25, 0.3) is 0 Å². The van der Waals surface area contributed by atoms with Gasteiger partial charge in [0.25, 0.3) is 0 Å². The largest absolute Gasteiger partial charge is 0.357 e. The molecule has 0 heterocycles. The van der Waals surface area contributed by atoms with Crippen molar-refractivity contribution in [2.45, 2.75) is 57.4 Å². The Bertz CT molecular complexity index is 633. The highest BCUT2D eigenvalue weighted by Crippen LogP contribution is 2.17. The third-order valence-corrected chi connectivity index (χ3v) is 5.02. The fourth-order valence-corrected chi connectivity index (χ4v) is 3.77. The fraction of sp³-hybridized carbons (Fsp3) is 0.611. The molecular formula is C18H29N3O2S. The molecule has 0 radical (unpaired) electrons. The number of sulfone groups is 1. The average Bonchev–Trinajstić information content (AvgIpc) is 2.54. The minimum atomic E-state index is -2.99. The van der Waals surface area contributed by atoms with E-state index in [0.29, 0.717) is 12.6 Å². The molecule has 1 aliphatic carbocycles. The third-order valence-electron chi connectivity index (χ3n) is 4.16. The van der Waals surface area contributed by atoms with Crippen LogP contribution in [-0.2, 0) is 22.1 Å². The van der Waals surface area contributed by atoms with Crippen LogP contribution in [0.4, 0.5) is 0 Å². The van der Waals surface area contributed by atoms with Gasteiger partial charge in [-0.25, -0.2) is 13.4 Å². The van der Waals surface area contributed by atoms with Crippen molar-refractivity contribution in [1.29, 1.82) is 0 Å². The number of nitrogens with zero attached hydrogens (tertiary/aromatic N) is 1. The number of benzene rings is 1. The molecular weight excluding hydrogens is 322 g/mol. The predicted octanol–water partition coefficient (Wildman–Crippen LogP) is 2.62. The Morgan fingerprint density at radius 3 is 2.33 bits per heavy atom. The molecule has 134 valence electrons. The van der Waals surface area contributed by atoms with Gasteiger partial charge >= 0.3 is 0 Å². The van der Waals surface area contributed by atoms with Gasteiger partial charge in [-0.05, 0) is 30.9 Å². The molecule has 0 bridgehead atoms. The minimum absolute atomic E-state index is 0.0857. The van der Waals surface area contributed by atoms with Crippen molar-refractivity contribution in [3.05, 3.63) is 35.4 Å². The molecule has 24 heavy (non-hydrogen) atoms. The van der Waals surface area contributed by atoms with E-state index in [-0.39, 0.29) is 5.75 Å². The van der Waals surface area contributed by atoms with Gasteiger partial charge in [0.15, 0.2) is 15.8 Å². The summed E-state index contributed by atoms with van der Waals surface area (Å²) in [7, 11) is -2.99. The highest BCUT2D eigenvalue weighted by Gasteiger charge is 2.14. The lowest BCUT2D eigenvalue weighted by molar-refractivity contribution is 0.410. The summed E-state index contributed by atoms with van der Waals surface area (Å²) in [4.78, 5) is 4.66. The van der Waals surface area contributed by atoms with Crippen LogP contribution in [-0.4, -0.2) is 33.2 Å². The standard InChI is InChI=1S/C18H29N3O2S/c1-3-19-18(21-17-7-5-4-6-8-17)20-13-15-9-11-16(12-10-15)14-24(2,22)23/h9-12,17H,3-8,13-14H2,1-2H3,(H2,19,20,21). The zero-order valence-corrected chi connectivity index (χ0v) is 15.5. The molecule has 0 atom stereocenters. The molecule has 1 aromatic rings. The first-order chi connectivity index (χ1) is 11.5. The van der Waals surface area contributed by atoms with E-state index >= 15 is 0 Å². The normalized spacial score (nSPS) is 16.8. The summed E-state index contributed by atoms with van der Waals surface area (Å²) >= 11 is 0. The van der Waals surface area contributed by atoms with Crippen LogP contribution < -0.4 is 10.6 Å². The SMILES string of the molecule is CCNC(=NCc1ccc(CS(C)(=O)=O)cc1)NC1CCCCC1. The van der Waals surface area contributed by atoms with E-state index in [9.17, 15) is 8.42 Å². The molecule has 0 spiro atoms. The Labute approximate surface area is 145 Å². The fourth-order valence-electron chi connectivity index (χ4n) is 2.97. The first kappa shape index (κ1) is 18.8. The highest BCUT2D eigenvalue weighted by atomic mass is 32.2. The van der Waals surface area contributed by atoms with Gasteiger partial charge < -0.3 is 10.6 Å². The van der Waals surface area contributed by atoms with E-state index in [1.54, 1.807) is 0 Å². The molecule has 1 fully saturated rings. The van der Waals surface area contributed by atoms with Crippen molar-refractivity contribution < 1.29 is 8.42 Å². The number of hydrogen-bond donors (Lipinski definition) is 2. The predicted molar refractivity (Wildman–Crippen MR) is 99.8 cm³/mol. The lowest BCUT2D eigenvalue weighted by atomic mass is 9.96. The Morgan fingerprint density at radius 2 is 1.75 bits per heavy atom. The van der Waals surface area contributed by atoms with Gasteiger partial charge in [0.1, 0.15) is 0 Å². The van der Waals surface area contributed by atoms with Crippen molar-refractivity contribution in [2.75, 3.05) is 12.8 Å². The monoisotopic (exact) mass is 351 g/mol. The van der Waals surface area contributed by atoms with E-state index in [1.165, 1.54) is 38.4 Å². The Hall–Kier alpha value is -1.56. The van der Waals surface area contributed by atoms with Crippen molar-refractivity contribution in [1.82, 2.24) is 10.6 Å². The van der Waals surface area contributed by atoms with Gasteiger partial charge in [0.05, 0.1) is 12.3 Å². The van der Waals surface area contributed by atoms with Crippen LogP contribution >= 0.6 is 0 Å². The number of aliphatic imine (C=N–C) groups is 1. The summed E-state index contributed by atoms with van der Waals surface area (Å²) in [6, 6.07) is 8.16. The summed E-state index contributed by atoms with van der Waals surface area (Å²) in [6.45, 7) is 3.49. The molecule has 0 amide bonds. The maximum atomic E-state index is 11.3. The number of nitrogens with one attached hydrogen (secondary N) is 2. The second kappa shape index (κ2) is 9.06. The smallest absolute Gasteiger partial charge is 0.191 e.